The second-order valence-electron chi connectivity index (χ2n) is 10.4. The van der Waals surface area contributed by atoms with Crippen LogP contribution in [0.4, 0.5) is 0 Å². The molecule has 0 aliphatic carbocycles. The van der Waals surface area contributed by atoms with Crippen LogP contribution in [-0.2, 0) is 14.7 Å². The molecule has 6 rings (SSSR count). The van der Waals surface area contributed by atoms with Gasteiger partial charge in [0.2, 0.25) is 0 Å². The number of para-hydroxylation sites is 1. The lowest BCUT2D eigenvalue weighted by Crippen LogP contribution is -2.41. The van der Waals surface area contributed by atoms with Crippen LogP contribution in [0.1, 0.15) is 49.9 Å². The smallest absolute Gasteiger partial charge is 0.457 e. The molecule has 1 saturated heterocycles. The summed E-state index contributed by atoms with van der Waals surface area (Å²) < 4.78 is 19.3. The number of hydrogen-bond acceptors (Lipinski definition) is 3. The van der Waals surface area contributed by atoms with Crippen LogP contribution in [0.5, 0.6) is 11.5 Å². The first-order valence-electron chi connectivity index (χ1n) is 12.2. The lowest BCUT2D eigenvalue weighted by Gasteiger charge is -2.41. The quantitative estimate of drug-likeness (QED) is 0.289. The van der Waals surface area contributed by atoms with Crippen molar-refractivity contribution in [3.63, 3.8) is 0 Å². The fourth-order valence-electron chi connectivity index (χ4n) is 5.35. The summed E-state index contributed by atoms with van der Waals surface area (Å²) >= 11 is 0. The van der Waals surface area contributed by atoms with Gasteiger partial charge in [-0.1, -0.05) is 91.0 Å². The van der Waals surface area contributed by atoms with E-state index in [2.05, 4.69) is 125 Å². The second kappa shape index (κ2) is 7.84. The maximum atomic E-state index is 6.57. The highest BCUT2D eigenvalue weighted by atomic mass is 16.7. The van der Waals surface area contributed by atoms with Crippen LogP contribution in [0.15, 0.2) is 103 Å². The molecule has 0 spiro atoms. The van der Waals surface area contributed by atoms with Crippen LogP contribution in [-0.4, -0.2) is 18.3 Å². The molecule has 0 N–H and O–H groups in total. The van der Waals surface area contributed by atoms with Gasteiger partial charge in [0.25, 0.3) is 0 Å². The Hall–Kier alpha value is -3.34. The van der Waals surface area contributed by atoms with E-state index in [0.717, 1.165) is 28.1 Å². The van der Waals surface area contributed by atoms with Crippen LogP contribution in [0, 0.1) is 0 Å². The van der Waals surface area contributed by atoms with Crippen LogP contribution in [0.3, 0.4) is 0 Å². The minimum atomic E-state index is -0.513. The average Bonchev–Trinajstić information content (AvgIpc) is 3.10. The SMILES string of the molecule is CC1(C)OB(c2ccc3c(c2)Oc2ccccc2C3(c2ccccc2)c2ccccc2)OC1(C)C. The zero-order valence-electron chi connectivity index (χ0n) is 20.6. The molecule has 4 heteroatoms. The van der Waals surface area contributed by atoms with E-state index in [4.69, 9.17) is 14.0 Å². The van der Waals surface area contributed by atoms with E-state index in [1.54, 1.807) is 0 Å². The maximum Gasteiger partial charge on any atom is 0.494 e. The molecule has 0 bridgehead atoms. The second-order valence-corrected chi connectivity index (χ2v) is 10.4. The number of ether oxygens (including phenoxy) is 1. The first-order valence-corrected chi connectivity index (χ1v) is 12.2. The molecule has 4 aromatic carbocycles. The Kier molecular flexibility index (Phi) is 4.96. The largest absolute Gasteiger partial charge is 0.494 e. The third kappa shape index (κ3) is 3.28. The predicted molar refractivity (Wildman–Crippen MR) is 141 cm³/mol. The van der Waals surface area contributed by atoms with E-state index < -0.39 is 23.7 Å². The highest BCUT2D eigenvalue weighted by molar-refractivity contribution is 6.62. The summed E-state index contributed by atoms with van der Waals surface area (Å²) in [4.78, 5) is 0. The molecule has 2 aliphatic rings. The third-order valence-corrected chi connectivity index (χ3v) is 7.86. The molecule has 0 atom stereocenters. The molecule has 2 aliphatic heterocycles. The Bertz CT molecular complexity index is 1320. The Balaban J connectivity index is 1.60. The molecule has 1 fully saturated rings. The van der Waals surface area contributed by atoms with Gasteiger partial charge in [-0.3, -0.25) is 0 Å². The predicted octanol–water partition coefficient (Wildman–Crippen LogP) is 6.47. The molecule has 0 radical (unpaired) electrons. The lowest BCUT2D eigenvalue weighted by molar-refractivity contribution is 0.00578. The van der Waals surface area contributed by atoms with Crippen LogP contribution in [0.25, 0.3) is 0 Å². The van der Waals surface area contributed by atoms with Gasteiger partial charge in [-0.15, -0.1) is 0 Å². The van der Waals surface area contributed by atoms with Crippen LogP contribution >= 0.6 is 0 Å². The van der Waals surface area contributed by atoms with E-state index in [9.17, 15) is 0 Å². The summed E-state index contributed by atoms with van der Waals surface area (Å²) in [7, 11) is -0.450. The standard InChI is InChI=1S/C31H29BO3/c1-29(2)30(3,4)35-32(34-29)24-19-20-26-28(21-24)33-27-18-12-11-17-25(27)31(26,22-13-7-5-8-14-22)23-15-9-6-10-16-23/h5-21H,1-4H3. The number of hydrogen-bond donors (Lipinski definition) is 0. The van der Waals surface area contributed by atoms with Crippen molar-refractivity contribution in [1.82, 2.24) is 0 Å². The third-order valence-electron chi connectivity index (χ3n) is 7.86. The fraction of sp³-hybridized carbons (Fsp3) is 0.226. The van der Waals surface area contributed by atoms with Crippen molar-refractivity contribution in [2.24, 2.45) is 0 Å². The van der Waals surface area contributed by atoms with Crippen molar-refractivity contribution in [3.8, 4) is 11.5 Å². The van der Waals surface area contributed by atoms with Crippen molar-refractivity contribution in [3.05, 3.63) is 125 Å². The van der Waals surface area contributed by atoms with Crippen molar-refractivity contribution < 1.29 is 14.0 Å². The molecule has 0 unspecified atom stereocenters. The molecule has 174 valence electrons. The first kappa shape index (κ1) is 22.1. The normalized spacial score (nSPS) is 18.9. The van der Waals surface area contributed by atoms with Gasteiger partial charge < -0.3 is 14.0 Å². The molecule has 0 aromatic heterocycles. The Labute approximate surface area is 207 Å². The summed E-state index contributed by atoms with van der Waals surface area (Å²) in [5, 5.41) is 0. The van der Waals surface area contributed by atoms with Gasteiger partial charge >= 0.3 is 7.12 Å². The average molecular weight is 460 g/mol. The molecule has 0 saturated carbocycles. The van der Waals surface area contributed by atoms with Crippen molar-refractivity contribution in [1.29, 1.82) is 0 Å². The molecular weight excluding hydrogens is 431 g/mol. The first-order chi connectivity index (χ1) is 16.8. The summed E-state index contributed by atoms with van der Waals surface area (Å²) in [5.74, 6) is 1.68. The van der Waals surface area contributed by atoms with E-state index in [1.165, 1.54) is 11.1 Å². The molecule has 0 amide bonds. The fourth-order valence-corrected chi connectivity index (χ4v) is 5.35. The Morgan fingerprint density at radius 2 is 1.06 bits per heavy atom. The minimum absolute atomic E-state index is 0.404. The lowest BCUT2D eigenvalue weighted by atomic mass is 9.63. The summed E-state index contributed by atoms with van der Waals surface area (Å²) in [6.07, 6.45) is 0. The van der Waals surface area contributed by atoms with Gasteiger partial charge in [0.05, 0.1) is 16.6 Å². The monoisotopic (exact) mass is 460 g/mol. The van der Waals surface area contributed by atoms with Crippen molar-refractivity contribution in [2.75, 3.05) is 0 Å². The van der Waals surface area contributed by atoms with Gasteiger partial charge in [0, 0.05) is 11.1 Å². The zero-order chi connectivity index (χ0) is 24.3. The minimum Gasteiger partial charge on any atom is -0.457 e. The molecule has 3 nitrogen and oxygen atoms in total. The maximum absolute atomic E-state index is 6.57. The number of rotatable bonds is 3. The Morgan fingerprint density at radius 3 is 1.66 bits per heavy atom. The van der Waals surface area contributed by atoms with Crippen LogP contribution < -0.4 is 10.2 Å². The highest BCUT2D eigenvalue weighted by Gasteiger charge is 2.52. The van der Waals surface area contributed by atoms with Crippen LogP contribution in [0.2, 0.25) is 0 Å². The summed E-state index contributed by atoms with van der Waals surface area (Å²) in [6.45, 7) is 8.31. The molecule has 4 aromatic rings. The number of fused-ring (bicyclic) bond motifs is 2. The van der Waals surface area contributed by atoms with Crippen molar-refractivity contribution in [2.45, 2.75) is 44.3 Å². The van der Waals surface area contributed by atoms with Crippen molar-refractivity contribution >= 4 is 12.6 Å². The van der Waals surface area contributed by atoms with E-state index in [0.29, 0.717) is 0 Å². The van der Waals surface area contributed by atoms with E-state index in [1.807, 2.05) is 6.07 Å². The zero-order valence-corrected chi connectivity index (χ0v) is 20.6. The molecular formula is C31H29BO3. The van der Waals surface area contributed by atoms with Gasteiger partial charge in [0.1, 0.15) is 11.5 Å². The van der Waals surface area contributed by atoms with Gasteiger partial charge in [-0.25, -0.2) is 0 Å². The molecule has 35 heavy (non-hydrogen) atoms. The highest BCUT2D eigenvalue weighted by Crippen LogP contribution is 2.55. The van der Waals surface area contributed by atoms with Gasteiger partial charge in [-0.05, 0) is 56.4 Å². The summed E-state index contributed by atoms with van der Waals surface area (Å²) in [5.41, 5.74) is 4.27. The number of benzene rings is 4. The summed E-state index contributed by atoms with van der Waals surface area (Å²) in [6, 6.07) is 36.2. The van der Waals surface area contributed by atoms with E-state index >= 15 is 0 Å². The topological polar surface area (TPSA) is 27.7 Å². The van der Waals surface area contributed by atoms with Gasteiger partial charge in [0.15, 0.2) is 0 Å². The molecule has 2 heterocycles. The van der Waals surface area contributed by atoms with E-state index in [-0.39, 0.29) is 0 Å². The Morgan fingerprint density at radius 1 is 0.543 bits per heavy atom. The van der Waals surface area contributed by atoms with Gasteiger partial charge in [-0.2, -0.15) is 0 Å².